The zero-order chi connectivity index (χ0) is 32.5. The topological polar surface area (TPSA) is 86.3 Å². The minimum Gasteiger partial charge on any atom is -0.346 e. The summed E-state index contributed by atoms with van der Waals surface area (Å²) in [6.45, 7) is 7.00. The van der Waals surface area contributed by atoms with Crippen molar-refractivity contribution in [2.75, 3.05) is 38.5 Å². The average molecular weight is 627 g/mol. The lowest BCUT2D eigenvalue weighted by Crippen LogP contribution is -2.43. The number of hydrogen-bond acceptors (Lipinski definition) is 5. The summed E-state index contributed by atoms with van der Waals surface area (Å²) < 4.78 is 14.9. The summed E-state index contributed by atoms with van der Waals surface area (Å²) in [5, 5.41) is 3.86. The van der Waals surface area contributed by atoms with Gasteiger partial charge in [-0.2, -0.15) is 0 Å². The molecule has 0 radical (unpaired) electrons. The molecular weight excluding hydrogens is 591 g/mol. The fourth-order valence-corrected chi connectivity index (χ4v) is 6.19. The standard InChI is InChI=1S/C38H35FN6O2/c1-25-9-14-33(38(47)45(25)32-12-10-30(39)11-13-32)37(46)42-31-8-4-7-28(20-31)35-23-41-36-34(35)21-29(22-40-36)27-6-3-5-26(19-27)24-44-17-15-43(2)16-18-44/h3-14,19-23H,15-18,24H2,1-2H3,(H,40,41)(H,42,46). The van der Waals surface area contributed by atoms with Gasteiger partial charge in [0.15, 0.2) is 0 Å². The van der Waals surface area contributed by atoms with E-state index >= 15 is 0 Å². The Morgan fingerprint density at radius 2 is 1.66 bits per heavy atom. The summed E-state index contributed by atoms with van der Waals surface area (Å²) in [5.41, 5.74) is 7.22. The number of pyridine rings is 2. The SMILES string of the molecule is Cc1ccc(C(=O)Nc2cccc(-c3c[nH]c4ncc(-c5cccc(CN6CCN(C)CC6)c5)cc34)c2)c(=O)n1-c1ccc(F)cc1. The zero-order valence-electron chi connectivity index (χ0n) is 26.3. The summed E-state index contributed by atoms with van der Waals surface area (Å²) in [5.74, 6) is -0.927. The molecule has 1 saturated heterocycles. The number of H-pyrrole nitrogens is 1. The fraction of sp³-hybridized carbons (Fsp3) is 0.184. The smallest absolute Gasteiger partial charge is 0.268 e. The first-order valence-corrected chi connectivity index (χ1v) is 15.7. The van der Waals surface area contributed by atoms with E-state index in [9.17, 15) is 14.0 Å². The molecule has 3 aromatic heterocycles. The van der Waals surface area contributed by atoms with Crippen LogP contribution in [0.1, 0.15) is 21.6 Å². The van der Waals surface area contributed by atoms with E-state index in [-0.39, 0.29) is 5.56 Å². The third kappa shape index (κ3) is 6.36. The van der Waals surface area contributed by atoms with Crippen LogP contribution in [0.3, 0.4) is 0 Å². The molecule has 6 aromatic rings. The van der Waals surface area contributed by atoms with E-state index in [1.54, 1.807) is 19.1 Å². The highest BCUT2D eigenvalue weighted by atomic mass is 19.1. The molecule has 0 aliphatic carbocycles. The molecule has 0 saturated carbocycles. The molecule has 1 fully saturated rings. The second kappa shape index (κ2) is 12.8. The highest BCUT2D eigenvalue weighted by molar-refractivity contribution is 6.05. The molecule has 0 spiro atoms. The Hall–Kier alpha value is -5.38. The molecule has 236 valence electrons. The Morgan fingerprint density at radius 3 is 2.47 bits per heavy atom. The van der Waals surface area contributed by atoms with E-state index in [2.05, 4.69) is 57.5 Å². The molecular formula is C38H35FN6O2. The van der Waals surface area contributed by atoms with Gasteiger partial charge in [-0.25, -0.2) is 9.37 Å². The molecule has 8 nitrogen and oxygen atoms in total. The van der Waals surface area contributed by atoms with Gasteiger partial charge in [0, 0.05) is 78.7 Å². The number of carbonyl (C=O) groups is 1. The fourth-order valence-electron chi connectivity index (χ4n) is 6.19. The third-order valence-electron chi connectivity index (χ3n) is 8.83. The van der Waals surface area contributed by atoms with Crippen LogP contribution >= 0.6 is 0 Å². The third-order valence-corrected chi connectivity index (χ3v) is 8.83. The summed E-state index contributed by atoms with van der Waals surface area (Å²) in [7, 11) is 2.17. The maximum Gasteiger partial charge on any atom is 0.268 e. The second-order valence-electron chi connectivity index (χ2n) is 12.1. The van der Waals surface area contributed by atoms with Gasteiger partial charge in [0.05, 0.1) is 0 Å². The number of amides is 1. The van der Waals surface area contributed by atoms with Crippen LogP contribution in [0.4, 0.5) is 10.1 Å². The number of piperazine rings is 1. The number of aromatic nitrogens is 3. The number of nitrogens with zero attached hydrogens (tertiary/aromatic N) is 4. The molecule has 0 bridgehead atoms. The van der Waals surface area contributed by atoms with Gasteiger partial charge in [-0.3, -0.25) is 19.1 Å². The molecule has 2 N–H and O–H groups in total. The average Bonchev–Trinajstić information content (AvgIpc) is 3.50. The van der Waals surface area contributed by atoms with E-state index in [1.807, 2.05) is 30.6 Å². The molecule has 0 unspecified atom stereocenters. The summed E-state index contributed by atoms with van der Waals surface area (Å²) >= 11 is 0. The van der Waals surface area contributed by atoms with E-state index in [0.29, 0.717) is 17.1 Å². The van der Waals surface area contributed by atoms with Crippen molar-refractivity contribution in [1.82, 2.24) is 24.3 Å². The van der Waals surface area contributed by atoms with E-state index in [4.69, 9.17) is 4.98 Å². The lowest BCUT2D eigenvalue weighted by atomic mass is 10.0. The van der Waals surface area contributed by atoms with Crippen LogP contribution < -0.4 is 10.9 Å². The number of likely N-dealkylation sites (N-methyl/N-ethyl adjacent to an activating group) is 1. The van der Waals surface area contributed by atoms with Crippen molar-refractivity contribution in [3.63, 3.8) is 0 Å². The van der Waals surface area contributed by atoms with Gasteiger partial charge < -0.3 is 15.2 Å². The van der Waals surface area contributed by atoms with Crippen LogP contribution in [0.5, 0.6) is 0 Å². The van der Waals surface area contributed by atoms with Crippen LogP contribution in [-0.4, -0.2) is 63.5 Å². The molecule has 9 heteroatoms. The van der Waals surface area contributed by atoms with Crippen LogP contribution in [0, 0.1) is 12.7 Å². The summed E-state index contributed by atoms with van der Waals surface area (Å²) in [6.07, 6.45) is 3.82. The molecule has 1 amide bonds. The van der Waals surface area contributed by atoms with Gasteiger partial charge in [-0.15, -0.1) is 0 Å². The Kier molecular flexibility index (Phi) is 8.24. The highest BCUT2D eigenvalue weighted by Crippen LogP contribution is 2.32. The Bertz CT molecular complexity index is 2140. The number of aryl methyl sites for hydroxylation is 1. The number of benzene rings is 3. The predicted octanol–water partition coefficient (Wildman–Crippen LogP) is 6.50. The van der Waals surface area contributed by atoms with Gasteiger partial charge >= 0.3 is 0 Å². The van der Waals surface area contributed by atoms with Crippen molar-refractivity contribution in [3.8, 4) is 27.9 Å². The first-order chi connectivity index (χ1) is 22.8. The van der Waals surface area contributed by atoms with E-state index in [0.717, 1.165) is 66.0 Å². The first kappa shape index (κ1) is 30.3. The quantitative estimate of drug-likeness (QED) is 0.212. The largest absolute Gasteiger partial charge is 0.346 e. The molecule has 3 aromatic carbocycles. The Morgan fingerprint density at radius 1 is 0.894 bits per heavy atom. The monoisotopic (exact) mass is 626 g/mol. The van der Waals surface area contributed by atoms with Gasteiger partial charge in [0.1, 0.15) is 17.0 Å². The zero-order valence-corrected chi connectivity index (χ0v) is 26.3. The number of hydrogen-bond donors (Lipinski definition) is 2. The van der Waals surface area contributed by atoms with Crippen molar-refractivity contribution in [1.29, 1.82) is 0 Å². The van der Waals surface area contributed by atoms with E-state index < -0.39 is 17.3 Å². The van der Waals surface area contributed by atoms with Crippen molar-refractivity contribution in [3.05, 3.63) is 136 Å². The highest BCUT2D eigenvalue weighted by Gasteiger charge is 2.17. The normalized spacial score (nSPS) is 14.0. The number of nitrogens with one attached hydrogen (secondary N) is 2. The van der Waals surface area contributed by atoms with Crippen LogP contribution in [0.2, 0.25) is 0 Å². The molecule has 1 aliphatic heterocycles. The van der Waals surface area contributed by atoms with Gasteiger partial charge in [0.2, 0.25) is 0 Å². The minimum absolute atomic E-state index is 0.0129. The van der Waals surface area contributed by atoms with Crippen LogP contribution in [0.15, 0.2) is 108 Å². The molecule has 4 heterocycles. The van der Waals surface area contributed by atoms with Crippen molar-refractivity contribution < 1.29 is 9.18 Å². The first-order valence-electron chi connectivity index (χ1n) is 15.7. The van der Waals surface area contributed by atoms with Crippen molar-refractivity contribution in [2.24, 2.45) is 0 Å². The number of rotatable bonds is 7. The van der Waals surface area contributed by atoms with Crippen LogP contribution in [0.25, 0.3) is 39.0 Å². The summed E-state index contributed by atoms with van der Waals surface area (Å²) in [4.78, 5) is 39.6. The molecule has 7 rings (SSSR count). The maximum atomic E-state index is 13.5. The lowest BCUT2D eigenvalue weighted by molar-refractivity contribution is 0.102. The molecule has 47 heavy (non-hydrogen) atoms. The Balaban J connectivity index is 1.14. The van der Waals surface area contributed by atoms with Crippen LogP contribution in [-0.2, 0) is 6.54 Å². The molecule has 1 aliphatic rings. The van der Waals surface area contributed by atoms with Crippen molar-refractivity contribution >= 4 is 22.6 Å². The van der Waals surface area contributed by atoms with Gasteiger partial charge in [0.25, 0.3) is 11.5 Å². The number of anilines is 1. The number of halogens is 1. The van der Waals surface area contributed by atoms with Crippen molar-refractivity contribution in [2.45, 2.75) is 13.5 Å². The van der Waals surface area contributed by atoms with Gasteiger partial charge in [-0.05, 0) is 91.3 Å². The summed E-state index contributed by atoms with van der Waals surface area (Å²) in [6, 6.07) is 27.2. The molecule has 0 atom stereocenters. The predicted molar refractivity (Wildman–Crippen MR) is 184 cm³/mol. The minimum atomic E-state index is -0.526. The Labute approximate surface area is 272 Å². The second-order valence-corrected chi connectivity index (χ2v) is 12.1. The lowest BCUT2D eigenvalue weighted by Gasteiger charge is -2.32. The number of aromatic amines is 1. The number of fused-ring (bicyclic) bond motifs is 1. The maximum absolute atomic E-state index is 13.5. The number of carbonyl (C=O) groups excluding carboxylic acids is 1. The van der Waals surface area contributed by atoms with Gasteiger partial charge in [-0.1, -0.05) is 30.3 Å². The van der Waals surface area contributed by atoms with E-state index in [1.165, 1.54) is 40.5 Å².